The molecule has 0 aliphatic carbocycles. The van der Waals surface area contributed by atoms with Crippen LogP contribution in [0.25, 0.3) is 11.4 Å². The van der Waals surface area contributed by atoms with Crippen molar-refractivity contribution in [3.8, 4) is 17.1 Å². The normalized spacial score (nSPS) is 10.8. The van der Waals surface area contributed by atoms with E-state index in [1.165, 1.54) is 0 Å². The van der Waals surface area contributed by atoms with Gasteiger partial charge in [-0.3, -0.25) is 0 Å². The van der Waals surface area contributed by atoms with Gasteiger partial charge in [0.05, 0.1) is 7.11 Å². The highest BCUT2D eigenvalue weighted by molar-refractivity contribution is 5.90. The van der Waals surface area contributed by atoms with Gasteiger partial charge in [-0.2, -0.15) is 4.98 Å². The zero-order chi connectivity index (χ0) is 20.1. The van der Waals surface area contributed by atoms with E-state index in [1.807, 2.05) is 69.3 Å². The number of amides is 2. The second-order valence-corrected chi connectivity index (χ2v) is 6.71. The fraction of sp³-hybridized carbons (Fsp3) is 0.286. The number of urea groups is 1. The summed E-state index contributed by atoms with van der Waals surface area (Å²) in [6, 6.07) is 14.8. The molecule has 0 bridgehead atoms. The van der Waals surface area contributed by atoms with Gasteiger partial charge in [0.1, 0.15) is 12.3 Å². The van der Waals surface area contributed by atoms with Crippen LogP contribution in [0.5, 0.6) is 5.75 Å². The third-order valence-electron chi connectivity index (χ3n) is 4.39. The first-order chi connectivity index (χ1) is 13.5. The van der Waals surface area contributed by atoms with Crippen LogP contribution in [0.1, 0.15) is 25.3 Å². The number of methoxy groups -OCH3 is 1. The highest BCUT2D eigenvalue weighted by Gasteiger charge is 2.21. The Kier molecular flexibility index (Phi) is 5.93. The maximum Gasteiger partial charge on any atom is 0.322 e. The van der Waals surface area contributed by atoms with Gasteiger partial charge in [-0.05, 0) is 56.7 Å². The lowest BCUT2D eigenvalue weighted by molar-refractivity contribution is 0.182. The number of aryl methyl sites for hydroxylation is 1. The highest BCUT2D eigenvalue weighted by Crippen LogP contribution is 2.21. The minimum absolute atomic E-state index is 0.0413. The molecule has 0 unspecified atom stereocenters. The lowest BCUT2D eigenvalue weighted by Crippen LogP contribution is -2.39. The average molecular weight is 380 g/mol. The number of nitrogens with one attached hydrogen (secondary N) is 1. The fourth-order valence-electron chi connectivity index (χ4n) is 2.71. The van der Waals surface area contributed by atoms with Crippen molar-refractivity contribution in [2.75, 3.05) is 12.4 Å². The molecule has 0 radical (unpaired) electrons. The van der Waals surface area contributed by atoms with Crippen LogP contribution in [0, 0.1) is 6.92 Å². The van der Waals surface area contributed by atoms with Crippen LogP contribution in [0.2, 0.25) is 0 Å². The Balaban J connectivity index is 1.73. The number of nitrogens with zero attached hydrogens (tertiary/aromatic N) is 3. The van der Waals surface area contributed by atoms with Gasteiger partial charge < -0.3 is 19.5 Å². The van der Waals surface area contributed by atoms with Crippen molar-refractivity contribution in [3.63, 3.8) is 0 Å². The Hall–Kier alpha value is -3.35. The highest BCUT2D eigenvalue weighted by atomic mass is 16.5. The Morgan fingerprint density at radius 1 is 1.18 bits per heavy atom. The van der Waals surface area contributed by atoms with E-state index in [-0.39, 0.29) is 18.6 Å². The molecule has 1 N–H and O–H groups in total. The maximum atomic E-state index is 12.8. The van der Waals surface area contributed by atoms with Gasteiger partial charge in [-0.1, -0.05) is 23.4 Å². The predicted molar refractivity (Wildman–Crippen MR) is 107 cm³/mol. The van der Waals surface area contributed by atoms with E-state index in [0.29, 0.717) is 11.7 Å². The first-order valence-corrected chi connectivity index (χ1v) is 9.08. The van der Waals surface area contributed by atoms with Gasteiger partial charge in [-0.15, -0.1) is 0 Å². The van der Waals surface area contributed by atoms with E-state index in [4.69, 9.17) is 9.26 Å². The number of benzene rings is 2. The molecule has 2 amide bonds. The van der Waals surface area contributed by atoms with Crippen molar-refractivity contribution in [1.29, 1.82) is 0 Å². The van der Waals surface area contributed by atoms with Gasteiger partial charge >= 0.3 is 6.03 Å². The first kappa shape index (κ1) is 19.4. The molecule has 7 nitrogen and oxygen atoms in total. The first-order valence-electron chi connectivity index (χ1n) is 9.08. The topological polar surface area (TPSA) is 80.5 Å². The Morgan fingerprint density at radius 3 is 2.54 bits per heavy atom. The van der Waals surface area contributed by atoms with Crippen LogP contribution >= 0.6 is 0 Å². The molecule has 0 saturated carbocycles. The molecular formula is C21H24N4O3. The van der Waals surface area contributed by atoms with E-state index in [2.05, 4.69) is 15.5 Å². The van der Waals surface area contributed by atoms with Crippen LogP contribution in [-0.2, 0) is 6.54 Å². The molecule has 146 valence electrons. The van der Waals surface area contributed by atoms with E-state index in [1.54, 1.807) is 12.0 Å². The van der Waals surface area contributed by atoms with Crippen molar-refractivity contribution >= 4 is 11.7 Å². The molecule has 0 atom stereocenters. The van der Waals surface area contributed by atoms with Gasteiger partial charge in [0.15, 0.2) is 0 Å². The molecule has 1 heterocycles. The zero-order valence-electron chi connectivity index (χ0n) is 16.5. The third kappa shape index (κ3) is 4.49. The van der Waals surface area contributed by atoms with Crippen LogP contribution < -0.4 is 10.1 Å². The molecule has 2 aromatic carbocycles. The summed E-state index contributed by atoms with van der Waals surface area (Å²) in [5.41, 5.74) is 2.60. The number of ether oxygens (including phenoxy) is 1. The molecule has 3 aromatic rings. The number of hydrogen-bond acceptors (Lipinski definition) is 5. The molecule has 0 spiro atoms. The fourth-order valence-corrected chi connectivity index (χ4v) is 2.71. The smallest absolute Gasteiger partial charge is 0.322 e. The minimum atomic E-state index is -0.214. The lowest BCUT2D eigenvalue weighted by atomic mass is 10.2. The summed E-state index contributed by atoms with van der Waals surface area (Å²) in [5.74, 6) is 1.60. The van der Waals surface area contributed by atoms with Gasteiger partial charge in [-0.25, -0.2) is 4.79 Å². The van der Waals surface area contributed by atoms with E-state index >= 15 is 0 Å². The Bertz CT molecular complexity index is 935. The van der Waals surface area contributed by atoms with Gasteiger partial charge in [0.2, 0.25) is 11.7 Å². The molecule has 28 heavy (non-hydrogen) atoms. The molecule has 0 aliphatic heterocycles. The van der Waals surface area contributed by atoms with Crippen LogP contribution in [-0.4, -0.2) is 34.2 Å². The lowest BCUT2D eigenvalue weighted by Gasteiger charge is -2.25. The molecule has 0 fully saturated rings. The molecule has 7 heteroatoms. The van der Waals surface area contributed by atoms with E-state index in [0.717, 1.165) is 22.6 Å². The van der Waals surface area contributed by atoms with Crippen LogP contribution in [0.3, 0.4) is 0 Å². The predicted octanol–water partition coefficient (Wildman–Crippen LogP) is 4.50. The number of anilines is 1. The van der Waals surface area contributed by atoms with E-state index < -0.39 is 0 Å². The summed E-state index contributed by atoms with van der Waals surface area (Å²) in [6.07, 6.45) is 0. The number of carbonyl (C=O) groups excluding carboxylic acids is 1. The number of hydrogen-bond donors (Lipinski definition) is 1. The molecule has 0 aliphatic rings. The zero-order valence-corrected chi connectivity index (χ0v) is 16.5. The van der Waals surface area contributed by atoms with Crippen molar-refractivity contribution in [2.24, 2.45) is 0 Å². The summed E-state index contributed by atoms with van der Waals surface area (Å²) in [4.78, 5) is 18.8. The Morgan fingerprint density at radius 2 is 1.89 bits per heavy atom. The average Bonchev–Trinajstić information content (AvgIpc) is 3.16. The van der Waals surface area contributed by atoms with Crippen molar-refractivity contribution in [3.05, 3.63) is 60.0 Å². The van der Waals surface area contributed by atoms with Gasteiger partial charge in [0, 0.05) is 17.3 Å². The second kappa shape index (κ2) is 8.56. The molecular weight excluding hydrogens is 356 g/mol. The molecule has 3 rings (SSSR count). The van der Waals surface area contributed by atoms with Crippen LogP contribution in [0.4, 0.5) is 10.5 Å². The van der Waals surface area contributed by atoms with E-state index in [9.17, 15) is 4.79 Å². The second-order valence-electron chi connectivity index (χ2n) is 6.71. The largest absolute Gasteiger partial charge is 0.497 e. The summed E-state index contributed by atoms with van der Waals surface area (Å²) in [5, 5.41) is 6.97. The SMILES string of the molecule is COc1ccc(-c2noc(CN(C(=O)Nc3ccccc3C)C(C)C)n2)cc1. The quantitative estimate of drug-likeness (QED) is 0.681. The standard InChI is InChI=1S/C21H24N4O3/c1-14(2)25(21(26)22-18-8-6-5-7-15(18)3)13-19-23-20(24-28-19)16-9-11-17(27-4)12-10-16/h5-12,14H,13H2,1-4H3,(H,22,26). The molecule has 1 aromatic heterocycles. The van der Waals surface area contributed by atoms with Crippen molar-refractivity contribution in [2.45, 2.75) is 33.4 Å². The number of carbonyl (C=O) groups is 1. The van der Waals surface area contributed by atoms with Crippen molar-refractivity contribution < 1.29 is 14.1 Å². The summed E-state index contributed by atoms with van der Waals surface area (Å²) in [6.45, 7) is 6.06. The summed E-state index contributed by atoms with van der Waals surface area (Å²) < 4.78 is 10.5. The maximum absolute atomic E-state index is 12.8. The summed E-state index contributed by atoms with van der Waals surface area (Å²) >= 11 is 0. The number of aromatic nitrogens is 2. The molecule has 0 saturated heterocycles. The minimum Gasteiger partial charge on any atom is -0.497 e. The van der Waals surface area contributed by atoms with Gasteiger partial charge in [0.25, 0.3) is 0 Å². The monoisotopic (exact) mass is 380 g/mol. The van der Waals surface area contributed by atoms with Crippen LogP contribution in [0.15, 0.2) is 53.1 Å². The third-order valence-corrected chi connectivity index (χ3v) is 4.39. The Labute approximate surface area is 164 Å². The number of para-hydroxylation sites is 1. The van der Waals surface area contributed by atoms with Crippen molar-refractivity contribution in [1.82, 2.24) is 15.0 Å². The number of rotatable bonds is 6. The summed E-state index contributed by atoms with van der Waals surface area (Å²) in [7, 11) is 1.62.